The lowest BCUT2D eigenvalue weighted by molar-refractivity contribution is -0.131. The fourth-order valence-electron chi connectivity index (χ4n) is 2.13. The van der Waals surface area contributed by atoms with E-state index in [0.29, 0.717) is 37.9 Å². The molecule has 1 fully saturated rings. The van der Waals surface area contributed by atoms with E-state index in [1.54, 1.807) is 0 Å². The Kier molecular flexibility index (Phi) is 5.40. The lowest BCUT2D eigenvalue weighted by Crippen LogP contribution is -2.49. The van der Waals surface area contributed by atoms with Crippen LogP contribution in [-0.2, 0) is 4.79 Å². The summed E-state index contributed by atoms with van der Waals surface area (Å²) in [5, 5.41) is 8.17. The zero-order chi connectivity index (χ0) is 14.4. The van der Waals surface area contributed by atoms with Crippen LogP contribution >= 0.6 is 11.6 Å². The Morgan fingerprint density at radius 3 is 2.60 bits per heavy atom. The molecule has 6 nitrogen and oxygen atoms in total. The number of alkyl halides is 1. The lowest BCUT2D eigenvalue weighted by Gasteiger charge is -2.35. The van der Waals surface area contributed by atoms with Gasteiger partial charge in [0.05, 0.1) is 6.61 Å². The van der Waals surface area contributed by atoms with Crippen molar-refractivity contribution in [2.45, 2.75) is 13.3 Å². The van der Waals surface area contributed by atoms with Crippen LogP contribution in [-0.4, -0.2) is 59.7 Å². The third kappa shape index (κ3) is 3.72. The van der Waals surface area contributed by atoms with Crippen LogP contribution in [0.1, 0.15) is 13.3 Å². The van der Waals surface area contributed by atoms with Crippen molar-refractivity contribution in [2.24, 2.45) is 0 Å². The Labute approximate surface area is 123 Å². The van der Waals surface area contributed by atoms with Crippen LogP contribution in [0.25, 0.3) is 0 Å². The van der Waals surface area contributed by atoms with Gasteiger partial charge in [-0.25, -0.2) is 0 Å². The molecule has 1 aromatic heterocycles. The number of carbonyl (C=O) groups excluding carboxylic acids is 1. The van der Waals surface area contributed by atoms with Gasteiger partial charge in [-0.2, -0.15) is 0 Å². The average molecular weight is 299 g/mol. The molecule has 7 heteroatoms. The van der Waals surface area contributed by atoms with Crippen LogP contribution < -0.4 is 9.64 Å². The van der Waals surface area contributed by atoms with Crippen LogP contribution in [0, 0.1) is 0 Å². The van der Waals surface area contributed by atoms with Crippen molar-refractivity contribution in [3.63, 3.8) is 0 Å². The first-order chi connectivity index (χ1) is 9.74. The minimum absolute atomic E-state index is 0.123. The minimum atomic E-state index is 0.123. The number of carbonyl (C=O) groups is 1. The minimum Gasteiger partial charge on any atom is -0.477 e. The van der Waals surface area contributed by atoms with Crippen LogP contribution in [0.4, 0.5) is 5.82 Å². The van der Waals surface area contributed by atoms with E-state index in [2.05, 4.69) is 15.1 Å². The van der Waals surface area contributed by atoms with Crippen molar-refractivity contribution >= 4 is 23.3 Å². The molecule has 20 heavy (non-hydrogen) atoms. The molecule has 0 atom stereocenters. The summed E-state index contributed by atoms with van der Waals surface area (Å²) in [5.74, 6) is 1.85. The Morgan fingerprint density at radius 1 is 1.30 bits per heavy atom. The molecule has 0 spiro atoms. The number of nitrogens with zero attached hydrogens (tertiary/aromatic N) is 4. The molecule has 2 heterocycles. The van der Waals surface area contributed by atoms with Gasteiger partial charge < -0.3 is 14.5 Å². The highest BCUT2D eigenvalue weighted by Crippen LogP contribution is 2.15. The number of hydrogen-bond donors (Lipinski definition) is 0. The first kappa shape index (κ1) is 14.8. The maximum atomic E-state index is 11.7. The molecule has 2 rings (SSSR count). The van der Waals surface area contributed by atoms with Crippen LogP contribution in [0.3, 0.4) is 0 Å². The van der Waals surface area contributed by atoms with Crippen LogP contribution in [0.15, 0.2) is 12.1 Å². The largest absolute Gasteiger partial charge is 0.477 e. The molecule has 0 bridgehead atoms. The molecule has 0 radical (unpaired) electrons. The molecular formula is C13H19ClN4O2. The van der Waals surface area contributed by atoms with Gasteiger partial charge in [-0.15, -0.1) is 21.8 Å². The summed E-state index contributed by atoms with van der Waals surface area (Å²) in [6, 6.07) is 3.71. The maximum absolute atomic E-state index is 11.7. The number of amides is 1. The molecule has 1 amide bonds. The standard InChI is InChI=1S/C13H19ClN4O2/c1-2-20-12-4-3-11(15-16-12)17-7-9-18(10-8-17)13(19)5-6-14/h3-4H,2,5-10H2,1H3. The Bertz CT molecular complexity index is 433. The second-order valence-corrected chi connectivity index (χ2v) is 4.85. The first-order valence-corrected chi connectivity index (χ1v) is 7.33. The van der Waals surface area contributed by atoms with E-state index in [4.69, 9.17) is 16.3 Å². The summed E-state index contributed by atoms with van der Waals surface area (Å²) >= 11 is 5.59. The highest BCUT2D eigenvalue weighted by Gasteiger charge is 2.21. The third-order valence-corrected chi connectivity index (χ3v) is 3.37. The number of rotatable bonds is 5. The SMILES string of the molecule is CCOc1ccc(N2CCN(C(=O)CCCl)CC2)nn1. The van der Waals surface area contributed by atoms with Crippen molar-refractivity contribution < 1.29 is 9.53 Å². The van der Waals surface area contributed by atoms with Crippen molar-refractivity contribution in [3.8, 4) is 5.88 Å². The number of anilines is 1. The molecule has 1 aliphatic rings. The van der Waals surface area contributed by atoms with Gasteiger partial charge >= 0.3 is 0 Å². The van der Waals surface area contributed by atoms with Gasteiger partial charge in [0.15, 0.2) is 5.82 Å². The van der Waals surface area contributed by atoms with Crippen molar-refractivity contribution in [1.82, 2.24) is 15.1 Å². The first-order valence-electron chi connectivity index (χ1n) is 6.79. The predicted molar refractivity (Wildman–Crippen MR) is 77.3 cm³/mol. The highest BCUT2D eigenvalue weighted by molar-refractivity contribution is 6.18. The van der Waals surface area contributed by atoms with Crippen molar-refractivity contribution in [3.05, 3.63) is 12.1 Å². The fraction of sp³-hybridized carbons (Fsp3) is 0.615. The van der Waals surface area contributed by atoms with Gasteiger partial charge in [-0.3, -0.25) is 4.79 Å². The molecule has 0 saturated carbocycles. The Morgan fingerprint density at radius 2 is 2.05 bits per heavy atom. The maximum Gasteiger partial charge on any atom is 0.233 e. The second kappa shape index (κ2) is 7.28. The summed E-state index contributed by atoms with van der Waals surface area (Å²) in [6.07, 6.45) is 0.407. The quantitative estimate of drug-likeness (QED) is 0.763. The molecule has 1 aromatic rings. The summed E-state index contributed by atoms with van der Waals surface area (Å²) in [7, 11) is 0. The van der Waals surface area contributed by atoms with E-state index in [-0.39, 0.29) is 5.91 Å². The Hall–Kier alpha value is -1.56. The molecule has 0 N–H and O–H groups in total. The average Bonchev–Trinajstić information content (AvgIpc) is 2.49. The van der Waals surface area contributed by atoms with E-state index in [0.717, 1.165) is 18.9 Å². The summed E-state index contributed by atoms with van der Waals surface area (Å²) < 4.78 is 5.27. The van der Waals surface area contributed by atoms with Gasteiger partial charge in [-0.1, -0.05) is 0 Å². The summed E-state index contributed by atoms with van der Waals surface area (Å²) in [4.78, 5) is 15.7. The summed E-state index contributed by atoms with van der Waals surface area (Å²) in [5.41, 5.74) is 0. The number of aromatic nitrogens is 2. The van der Waals surface area contributed by atoms with E-state index < -0.39 is 0 Å². The van der Waals surface area contributed by atoms with Crippen LogP contribution in [0.5, 0.6) is 5.88 Å². The molecule has 0 unspecified atom stereocenters. The number of ether oxygens (including phenoxy) is 1. The zero-order valence-electron chi connectivity index (χ0n) is 11.6. The van der Waals surface area contributed by atoms with Gasteiger partial charge in [-0.05, 0) is 13.0 Å². The molecule has 1 aliphatic heterocycles. The molecular weight excluding hydrogens is 280 g/mol. The number of piperazine rings is 1. The number of halogens is 1. The van der Waals surface area contributed by atoms with E-state index >= 15 is 0 Å². The normalized spacial score (nSPS) is 15.3. The van der Waals surface area contributed by atoms with Gasteiger partial charge in [0.25, 0.3) is 0 Å². The highest BCUT2D eigenvalue weighted by atomic mass is 35.5. The molecule has 110 valence electrons. The zero-order valence-corrected chi connectivity index (χ0v) is 12.3. The third-order valence-electron chi connectivity index (χ3n) is 3.18. The van der Waals surface area contributed by atoms with Crippen molar-refractivity contribution in [2.75, 3.05) is 43.6 Å². The topological polar surface area (TPSA) is 58.6 Å². The van der Waals surface area contributed by atoms with E-state index in [9.17, 15) is 4.79 Å². The summed E-state index contributed by atoms with van der Waals surface area (Å²) in [6.45, 7) is 5.41. The van der Waals surface area contributed by atoms with E-state index in [1.165, 1.54) is 0 Å². The fourth-order valence-corrected chi connectivity index (χ4v) is 2.29. The second-order valence-electron chi connectivity index (χ2n) is 4.47. The smallest absolute Gasteiger partial charge is 0.233 e. The van der Waals surface area contributed by atoms with Gasteiger partial charge in [0.2, 0.25) is 11.8 Å². The lowest BCUT2D eigenvalue weighted by atomic mass is 10.3. The van der Waals surface area contributed by atoms with Gasteiger partial charge in [0.1, 0.15) is 0 Å². The van der Waals surface area contributed by atoms with Gasteiger partial charge in [0, 0.05) is 44.5 Å². The Balaban J connectivity index is 1.88. The monoisotopic (exact) mass is 298 g/mol. The molecule has 0 aliphatic carbocycles. The van der Waals surface area contributed by atoms with Crippen LogP contribution in [0.2, 0.25) is 0 Å². The number of hydrogen-bond acceptors (Lipinski definition) is 5. The molecule has 1 saturated heterocycles. The van der Waals surface area contributed by atoms with Crippen molar-refractivity contribution in [1.29, 1.82) is 0 Å². The molecule has 0 aromatic carbocycles. The predicted octanol–water partition coefficient (Wildman–Crippen LogP) is 1.15. The van der Waals surface area contributed by atoms with E-state index in [1.807, 2.05) is 24.0 Å².